The molecule has 2 fully saturated rings. The van der Waals surface area contributed by atoms with E-state index in [-0.39, 0.29) is 23.0 Å². The van der Waals surface area contributed by atoms with Crippen LogP contribution in [0.4, 0.5) is 10.1 Å². The van der Waals surface area contributed by atoms with Crippen molar-refractivity contribution in [2.45, 2.75) is 44.1 Å². The lowest BCUT2D eigenvalue weighted by Gasteiger charge is -2.26. The minimum absolute atomic E-state index is 0.0555. The Bertz CT molecular complexity index is 990. The number of nitrogens with one attached hydrogen (secondary N) is 1. The highest BCUT2D eigenvalue weighted by Gasteiger charge is 2.50. The van der Waals surface area contributed by atoms with Crippen LogP contribution in [-0.4, -0.2) is 43.8 Å². The zero-order valence-electron chi connectivity index (χ0n) is 18.1. The van der Waals surface area contributed by atoms with Gasteiger partial charge in [-0.15, -0.1) is 0 Å². The van der Waals surface area contributed by atoms with Crippen LogP contribution in [-0.2, 0) is 11.6 Å². The largest absolute Gasteiger partial charge is 0.389 e. The molecule has 7 nitrogen and oxygen atoms in total. The van der Waals surface area contributed by atoms with E-state index in [1.54, 1.807) is 17.9 Å². The molecule has 2 aromatic rings. The first-order valence-electron chi connectivity index (χ1n) is 10.8. The summed E-state index contributed by atoms with van der Waals surface area (Å²) in [6.45, 7) is 2.26. The summed E-state index contributed by atoms with van der Waals surface area (Å²) in [6.07, 6.45) is 4.85. The Balaban J connectivity index is 1.44. The molecule has 4 rings (SSSR count). The van der Waals surface area contributed by atoms with E-state index in [1.807, 2.05) is 6.92 Å². The van der Waals surface area contributed by atoms with Gasteiger partial charge in [0.25, 0.3) is 5.91 Å². The van der Waals surface area contributed by atoms with Crippen molar-refractivity contribution in [3.8, 4) is 0 Å². The second-order valence-corrected chi connectivity index (χ2v) is 10.6. The summed E-state index contributed by atoms with van der Waals surface area (Å²) >= 11 is 5.83. The van der Waals surface area contributed by atoms with E-state index < -0.39 is 19.8 Å². The van der Waals surface area contributed by atoms with Crippen molar-refractivity contribution >= 4 is 31.6 Å². The summed E-state index contributed by atoms with van der Waals surface area (Å²) in [5.41, 5.74) is 0.745. The second-order valence-electron chi connectivity index (χ2n) is 8.92. The molecule has 3 N–H and O–H groups in total. The molecule has 10 heteroatoms. The number of amides is 1. The van der Waals surface area contributed by atoms with E-state index in [0.29, 0.717) is 42.7 Å². The second kappa shape index (κ2) is 9.35. The monoisotopic (exact) mass is 483 g/mol. The molecule has 2 aliphatic rings. The first-order chi connectivity index (χ1) is 15.2. The molecule has 0 saturated heterocycles. The third kappa shape index (κ3) is 4.85. The minimum atomic E-state index is -1.61. The number of hydrogen-bond acceptors (Lipinski definition) is 5. The Hall–Kier alpha value is -1.57. The highest BCUT2D eigenvalue weighted by atomic mass is 35.5. The van der Waals surface area contributed by atoms with Crippen LogP contribution in [0.5, 0.6) is 0 Å². The van der Waals surface area contributed by atoms with Gasteiger partial charge >= 0.3 is 0 Å². The zero-order chi connectivity index (χ0) is 23.0. The molecule has 2 saturated carbocycles. The van der Waals surface area contributed by atoms with Gasteiger partial charge in [-0.3, -0.25) is 4.79 Å². The van der Waals surface area contributed by atoms with Gasteiger partial charge in [0.1, 0.15) is 11.5 Å². The number of fused-ring (bicyclic) bond motifs is 1. The highest BCUT2D eigenvalue weighted by Crippen LogP contribution is 2.56. The Labute approximate surface area is 192 Å². The van der Waals surface area contributed by atoms with Crippen molar-refractivity contribution < 1.29 is 23.7 Å². The summed E-state index contributed by atoms with van der Waals surface area (Å²) in [6, 6.07) is 4.06. The van der Waals surface area contributed by atoms with Crippen LogP contribution in [0.2, 0.25) is 5.02 Å². The number of nitrogens with zero attached hydrogens (tertiary/aromatic N) is 2. The lowest BCUT2D eigenvalue weighted by molar-refractivity contribution is 0.0577. The average molecular weight is 484 g/mol. The number of anilines is 1. The highest BCUT2D eigenvalue weighted by molar-refractivity contribution is 7.46. The predicted molar refractivity (Wildman–Crippen MR) is 121 cm³/mol. The average Bonchev–Trinajstić information content (AvgIpc) is 3.35. The number of rotatable bonds is 7. The smallest absolute Gasteiger partial charge is 0.274 e. The van der Waals surface area contributed by atoms with Gasteiger partial charge in [0.15, 0.2) is 8.38 Å². The summed E-state index contributed by atoms with van der Waals surface area (Å²) in [5, 5.41) is 13.7. The van der Waals surface area contributed by atoms with Crippen LogP contribution >= 0.6 is 20.0 Å². The molecule has 1 heterocycles. The molecular formula is C22H28ClFN3O4P. The topological polar surface area (TPSA) is 96.6 Å². The molecular weight excluding hydrogens is 456 g/mol. The number of imidazole rings is 1. The van der Waals surface area contributed by atoms with Gasteiger partial charge in [-0.1, -0.05) is 11.6 Å². The van der Waals surface area contributed by atoms with Crippen molar-refractivity contribution in [3.63, 3.8) is 0 Å². The maximum absolute atomic E-state index is 13.4. The van der Waals surface area contributed by atoms with Crippen LogP contribution in [0.15, 0.2) is 24.5 Å². The third-order valence-electron chi connectivity index (χ3n) is 6.58. The van der Waals surface area contributed by atoms with Gasteiger partial charge < -0.3 is 24.4 Å². The Kier molecular flexibility index (Phi) is 6.89. The normalized spacial score (nSPS) is 28.0. The van der Waals surface area contributed by atoms with E-state index in [1.165, 1.54) is 18.2 Å². The molecule has 32 heavy (non-hydrogen) atoms. The predicted octanol–water partition coefficient (Wildman–Crippen LogP) is 4.44. The number of aryl methyl sites for hydroxylation is 1. The number of carbonyl (C=O) groups excluding carboxylic acids is 1. The first-order valence-corrected chi connectivity index (χ1v) is 12.6. The van der Waals surface area contributed by atoms with E-state index in [4.69, 9.17) is 16.1 Å². The molecule has 0 spiro atoms. The minimum Gasteiger partial charge on any atom is -0.389 e. The summed E-state index contributed by atoms with van der Waals surface area (Å²) < 4.78 is 20.4. The van der Waals surface area contributed by atoms with Crippen LogP contribution in [0.1, 0.15) is 54.7 Å². The number of halogens is 2. The Morgan fingerprint density at radius 1 is 1.41 bits per heavy atom. The van der Waals surface area contributed by atoms with E-state index in [2.05, 4.69) is 10.3 Å². The molecule has 1 amide bonds. The van der Waals surface area contributed by atoms with Gasteiger partial charge in [-0.2, -0.15) is 0 Å². The standard InChI is InChI=1S/C22H28ClFN3O4P/c1-3-31-32(30)11-22(29)9-14-6-13(7-15(14)10-22)19-20(27(2)12-25-19)21(28)26-16-4-5-18(24)17(23)8-16/h4-5,8,12-15,29-30H,3,6-7,9-11H2,1-2H3,(H,26,28). The van der Waals surface area contributed by atoms with Crippen LogP contribution in [0.25, 0.3) is 0 Å². The van der Waals surface area contributed by atoms with Crippen molar-refractivity contribution in [2.24, 2.45) is 18.9 Å². The van der Waals surface area contributed by atoms with Crippen LogP contribution in [0, 0.1) is 17.7 Å². The molecule has 0 bridgehead atoms. The number of hydrogen-bond donors (Lipinski definition) is 3. The molecule has 1 aromatic carbocycles. The zero-order valence-corrected chi connectivity index (χ0v) is 19.7. The van der Waals surface area contributed by atoms with E-state index >= 15 is 0 Å². The van der Waals surface area contributed by atoms with Crippen molar-refractivity contribution in [3.05, 3.63) is 46.8 Å². The maximum Gasteiger partial charge on any atom is 0.274 e. The molecule has 3 unspecified atom stereocenters. The van der Waals surface area contributed by atoms with Crippen molar-refractivity contribution in [1.82, 2.24) is 9.55 Å². The molecule has 1 aromatic heterocycles. The lowest BCUT2D eigenvalue weighted by atomic mass is 9.93. The van der Waals surface area contributed by atoms with Gasteiger partial charge in [0.2, 0.25) is 0 Å². The van der Waals surface area contributed by atoms with Gasteiger partial charge in [-0.05, 0) is 62.6 Å². The summed E-state index contributed by atoms with van der Waals surface area (Å²) in [4.78, 5) is 27.6. The Morgan fingerprint density at radius 2 is 2.09 bits per heavy atom. The van der Waals surface area contributed by atoms with Crippen LogP contribution < -0.4 is 5.32 Å². The first kappa shape index (κ1) is 23.6. The number of benzene rings is 1. The number of aliphatic hydroxyl groups is 1. The van der Waals surface area contributed by atoms with Gasteiger partial charge in [-0.25, -0.2) is 9.37 Å². The third-order valence-corrected chi connectivity index (χ3v) is 8.28. The molecule has 0 aliphatic heterocycles. The van der Waals surface area contributed by atoms with Gasteiger partial charge in [0, 0.05) is 24.8 Å². The fourth-order valence-corrected chi connectivity index (χ4v) is 6.69. The fraction of sp³-hybridized carbons (Fsp3) is 0.545. The fourth-order valence-electron chi connectivity index (χ4n) is 5.36. The van der Waals surface area contributed by atoms with Crippen molar-refractivity contribution in [2.75, 3.05) is 18.1 Å². The van der Waals surface area contributed by atoms with Crippen molar-refractivity contribution in [1.29, 1.82) is 0 Å². The molecule has 174 valence electrons. The van der Waals surface area contributed by atoms with E-state index in [9.17, 15) is 19.2 Å². The molecule has 3 atom stereocenters. The molecule has 0 radical (unpaired) electrons. The summed E-state index contributed by atoms with van der Waals surface area (Å²) in [7, 11) is 0.168. The van der Waals surface area contributed by atoms with E-state index in [0.717, 1.165) is 18.5 Å². The SMILES string of the molecule is CCOP(O)CC1(O)CC2CC(c3ncn(C)c3C(=O)Nc3ccc(F)c(Cl)c3)CC2C1. The quantitative estimate of drug-likeness (QED) is 0.506. The van der Waals surface area contributed by atoms with Gasteiger partial charge in [0.05, 0.1) is 29.3 Å². The number of carbonyl (C=O) groups is 1. The Morgan fingerprint density at radius 3 is 2.72 bits per heavy atom. The summed E-state index contributed by atoms with van der Waals surface area (Å²) in [5.74, 6) is -0.0965. The number of aromatic nitrogens is 2. The van der Waals surface area contributed by atoms with Crippen LogP contribution in [0.3, 0.4) is 0 Å². The lowest BCUT2D eigenvalue weighted by Crippen LogP contribution is -2.30. The maximum atomic E-state index is 13.4. The molecule has 2 aliphatic carbocycles.